The summed E-state index contributed by atoms with van der Waals surface area (Å²) >= 11 is 0. The Morgan fingerprint density at radius 1 is 1.00 bits per heavy atom. The summed E-state index contributed by atoms with van der Waals surface area (Å²) in [5.41, 5.74) is -0.133. The summed E-state index contributed by atoms with van der Waals surface area (Å²) in [4.78, 5) is 0. The second kappa shape index (κ2) is 8.93. The van der Waals surface area contributed by atoms with Crippen LogP contribution in [-0.2, 0) is 19.1 Å². The lowest BCUT2D eigenvalue weighted by molar-refractivity contribution is -0.140. The van der Waals surface area contributed by atoms with Gasteiger partial charge in [-0.25, -0.2) is 13.2 Å². The zero-order chi connectivity index (χ0) is 19.2. The summed E-state index contributed by atoms with van der Waals surface area (Å²) in [5.74, 6) is -0.979. The van der Waals surface area contributed by atoms with Crippen LogP contribution in [0.5, 0.6) is 5.75 Å². The van der Waals surface area contributed by atoms with Crippen LogP contribution < -0.4 is 10.1 Å². The molecule has 142 valence electrons. The molecule has 0 fully saturated rings. The molecule has 0 radical (unpaired) electrons. The predicted octanol–water partition coefficient (Wildman–Crippen LogP) is 4.82. The van der Waals surface area contributed by atoms with Crippen LogP contribution >= 0.6 is 0 Å². The summed E-state index contributed by atoms with van der Waals surface area (Å²) in [6.45, 7) is 0.0627. The van der Waals surface area contributed by atoms with Gasteiger partial charge in [0.1, 0.15) is 18.2 Å². The van der Waals surface area contributed by atoms with Gasteiger partial charge in [-0.3, -0.25) is 0 Å². The van der Waals surface area contributed by atoms with Crippen LogP contribution in [0.3, 0.4) is 0 Å². The maximum absolute atomic E-state index is 13.2. The van der Waals surface area contributed by atoms with Crippen molar-refractivity contribution in [1.82, 2.24) is 5.32 Å². The lowest BCUT2D eigenvalue weighted by atomic mass is 10.1. The number of benzene rings is 2. The predicted molar refractivity (Wildman–Crippen MR) is 84.8 cm³/mol. The van der Waals surface area contributed by atoms with Gasteiger partial charge in [0.2, 0.25) is 0 Å². The molecular formula is C18H17F6NO. The molecular weight excluding hydrogens is 360 g/mol. The van der Waals surface area contributed by atoms with Gasteiger partial charge in [-0.05, 0) is 48.4 Å². The van der Waals surface area contributed by atoms with Gasteiger partial charge in [-0.15, -0.1) is 0 Å². The maximum Gasteiger partial charge on any atom is 0.419 e. The van der Waals surface area contributed by atoms with Gasteiger partial charge in [0.05, 0.1) is 5.56 Å². The van der Waals surface area contributed by atoms with Gasteiger partial charge in [0, 0.05) is 6.54 Å². The second-order valence-electron chi connectivity index (χ2n) is 5.59. The Kier molecular flexibility index (Phi) is 6.90. The molecule has 0 heterocycles. The van der Waals surface area contributed by atoms with Gasteiger partial charge in [0.25, 0.3) is 6.43 Å². The van der Waals surface area contributed by atoms with Crippen molar-refractivity contribution in [2.75, 3.05) is 13.2 Å². The first-order valence-corrected chi connectivity index (χ1v) is 7.82. The molecule has 2 aromatic rings. The number of ether oxygens (including phenoxy) is 1. The Morgan fingerprint density at radius 2 is 1.77 bits per heavy atom. The van der Waals surface area contributed by atoms with Gasteiger partial charge in [-0.2, -0.15) is 13.2 Å². The molecule has 0 aromatic heterocycles. The summed E-state index contributed by atoms with van der Waals surface area (Å²) in [6, 6.07) is 9.51. The van der Waals surface area contributed by atoms with E-state index in [0.717, 1.165) is 17.7 Å². The first-order chi connectivity index (χ1) is 12.3. The smallest absolute Gasteiger partial charge is 0.419 e. The van der Waals surface area contributed by atoms with Crippen LogP contribution in [-0.4, -0.2) is 19.6 Å². The van der Waals surface area contributed by atoms with E-state index in [9.17, 15) is 26.3 Å². The Labute approximate surface area is 146 Å². The fourth-order valence-electron chi connectivity index (χ4n) is 2.32. The van der Waals surface area contributed by atoms with Crippen LogP contribution in [0.1, 0.15) is 16.7 Å². The third-order valence-electron chi connectivity index (χ3n) is 3.53. The third-order valence-corrected chi connectivity index (χ3v) is 3.53. The average molecular weight is 377 g/mol. The third kappa shape index (κ3) is 6.25. The minimum absolute atomic E-state index is 0.283. The molecule has 0 aliphatic heterocycles. The lowest BCUT2D eigenvalue weighted by Gasteiger charge is -2.11. The number of alkyl halides is 5. The van der Waals surface area contributed by atoms with Crippen molar-refractivity contribution in [1.29, 1.82) is 0 Å². The van der Waals surface area contributed by atoms with E-state index in [0.29, 0.717) is 24.4 Å². The molecule has 0 unspecified atom stereocenters. The van der Waals surface area contributed by atoms with E-state index in [4.69, 9.17) is 4.74 Å². The van der Waals surface area contributed by atoms with E-state index in [1.54, 1.807) is 24.3 Å². The highest BCUT2D eigenvalue weighted by Crippen LogP contribution is 2.31. The largest absolute Gasteiger partial charge is 0.488 e. The highest BCUT2D eigenvalue weighted by molar-refractivity contribution is 5.29. The molecule has 8 heteroatoms. The van der Waals surface area contributed by atoms with E-state index in [-0.39, 0.29) is 6.42 Å². The molecule has 0 amide bonds. The zero-order valence-corrected chi connectivity index (χ0v) is 13.6. The minimum atomic E-state index is -4.73. The molecule has 0 atom stereocenters. The molecule has 2 aromatic carbocycles. The van der Waals surface area contributed by atoms with Crippen molar-refractivity contribution < 1.29 is 31.1 Å². The quantitative estimate of drug-likeness (QED) is 0.526. The normalized spacial score (nSPS) is 11.8. The summed E-state index contributed by atoms with van der Waals surface area (Å²) in [6.07, 6.45) is -7.01. The SMILES string of the molecule is Fc1ccc(CCNCc2cccc(OCC(F)F)c2)cc1C(F)(F)F. The number of nitrogens with one attached hydrogen (secondary N) is 1. The van der Waals surface area contributed by atoms with Crippen LogP contribution in [0.2, 0.25) is 0 Å². The van der Waals surface area contributed by atoms with E-state index in [2.05, 4.69) is 5.32 Å². The van der Waals surface area contributed by atoms with Crippen LogP contribution in [0.25, 0.3) is 0 Å². The first-order valence-electron chi connectivity index (χ1n) is 7.82. The van der Waals surface area contributed by atoms with Crippen LogP contribution in [0, 0.1) is 5.82 Å². The molecule has 2 rings (SSSR count). The minimum Gasteiger partial charge on any atom is -0.488 e. The van der Waals surface area contributed by atoms with Crippen molar-refractivity contribution in [2.24, 2.45) is 0 Å². The van der Waals surface area contributed by atoms with E-state index in [1.807, 2.05) is 0 Å². The van der Waals surface area contributed by atoms with Crippen molar-refractivity contribution >= 4 is 0 Å². The summed E-state index contributed by atoms with van der Waals surface area (Å²) in [7, 11) is 0. The monoisotopic (exact) mass is 377 g/mol. The Morgan fingerprint density at radius 3 is 2.46 bits per heavy atom. The zero-order valence-electron chi connectivity index (χ0n) is 13.6. The van der Waals surface area contributed by atoms with Gasteiger partial charge in [-0.1, -0.05) is 18.2 Å². The molecule has 0 saturated heterocycles. The molecule has 0 spiro atoms. The van der Waals surface area contributed by atoms with Crippen molar-refractivity contribution in [3.63, 3.8) is 0 Å². The highest BCUT2D eigenvalue weighted by Gasteiger charge is 2.34. The standard InChI is InChI=1S/C18H17F6NO/c19-16-5-4-12(9-15(16)18(22,23)24)6-7-25-10-13-2-1-3-14(8-13)26-11-17(20)21/h1-5,8-9,17,25H,6-7,10-11H2. The molecule has 26 heavy (non-hydrogen) atoms. The number of rotatable bonds is 8. The van der Waals surface area contributed by atoms with Crippen molar-refractivity contribution in [3.8, 4) is 5.75 Å². The van der Waals surface area contributed by atoms with Crippen LogP contribution in [0.4, 0.5) is 26.3 Å². The van der Waals surface area contributed by atoms with E-state index in [1.165, 1.54) is 6.07 Å². The van der Waals surface area contributed by atoms with Crippen molar-refractivity contribution in [3.05, 3.63) is 65.0 Å². The fourth-order valence-corrected chi connectivity index (χ4v) is 2.32. The highest BCUT2D eigenvalue weighted by atomic mass is 19.4. The Hall–Kier alpha value is -2.22. The molecule has 0 bridgehead atoms. The fraction of sp³-hybridized carbons (Fsp3) is 0.333. The van der Waals surface area contributed by atoms with Crippen molar-refractivity contribution in [2.45, 2.75) is 25.6 Å². The summed E-state index contributed by atoms with van der Waals surface area (Å²) < 4.78 is 80.4. The Balaban J connectivity index is 1.85. The molecule has 0 saturated carbocycles. The van der Waals surface area contributed by atoms with Gasteiger partial charge in [0.15, 0.2) is 0 Å². The lowest BCUT2D eigenvalue weighted by Crippen LogP contribution is -2.17. The molecule has 1 N–H and O–H groups in total. The average Bonchev–Trinajstić information content (AvgIpc) is 2.57. The van der Waals surface area contributed by atoms with E-state index < -0.39 is 30.6 Å². The Bertz CT molecular complexity index is 717. The molecule has 2 nitrogen and oxygen atoms in total. The number of hydrogen-bond donors (Lipinski definition) is 1. The molecule has 0 aliphatic carbocycles. The van der Waals surface area contributed by atoms with Crippen LogP contribution in [0.15, 0.2) is 42.5 Å². The van der Waals surface area contributed by atoms with Gasteiger partial charge >= 0.3 is 6.18 Å². The molecule has 0 aliphatic rings. The first kappa shape index (κ1) is 20.1. The second-order valence-corrected chi connectivity index (χ2v) is 5.59. The topological polar surface area (TPSA) is 21.3 Å². The van der Waals surface area contributed by atoms with Gasteiger partial charge < -0.3 is 10.1 Å². The van der Waals surface area contributed by atoms with E-state index >= 15 is 0 Å². The number of halogens is 6. The number of hydrogen-bond acceptors (Lipinski definition) is 2. The summed E-state index contributed by atoms with van der Waals surface area (Å²) in [5, 5.41) is 3.04. The maximum atomic E-state index is 13.2.